The van der Waals surface area contributed by atoms with Gasteiger partial charge < -0.3 is 11.1 Å². The molecule has 76 valence electrons. The van der Waals surface area contributed by atoms with Crippen LogP contribution in [0.25, 0.3) is 0 Å². The Morgan fingerprint density at radius 1 is 1.54 bits per heavy atom. The fraction of sp³-hybridized carbons (Fsp3) is 0.875. The van der Waals surface area contributed by atoms with Gasteiger partial charge in [-0.25, -0.2) is 0 Å². The molecular formula is C8H14F2N2O. The first-order valence-electron chi connectivity index (χ1n) is 4.34. The third-order valence-corrected chi connectivity index (χ3v) is 2.21. The Morgan fingerprint density at radius 3 is 2.54 bits per heavy atom. The lowest BCUT2D eigenvalue weighted by Gasteiger charge is -2.15. The van der Waals surface area contributed by atoms with Crippen LogP contribution in [0.15, 0.2) is 0 Å². The summed E-state index contributed by atoms with van der Waals surface area (Å²) in [4.78, 5) is 10.8. The second-order valence-electron chi connectivity index (χ2n) is 3.63. The Labute approximate surface area is 75.7 Å². The number of halogens is 2. The molecule has 0 aliphatic heterocycles. The van der Waals surface area contributed by atoms with Gasteiger partial charge in [-0.2, -0.15) is 8.78 Å². The van der Waals surface area contributed by atoms with Crippen LogP contribution in [0.1, 0.15) is 26.2 Å². The minimum absolute atomic E-state index is 0.0378. The molecule has 13 heavy (non-hydrogen) atoms. The van der Waals surface area contributed by atoms with E-state index in [0.29, 0.717) is 19.8 Å². The van der Waals surface area contributed by atoms with Gasteiger partial charge in [0.1, 0.15) is 0 Å². The van der Waals surface area contributed by atoms with Gasteiger partial charge in [0.25, 0.3) is 5.91 Å². The summed E-state index contributed by atoms with van der Waals surface area (Å²) in [5.41, 5.74) is 5.57. The highest BCUT2D eigenvalue weighted by Gasteiger charge is 2.35. The lowest BCUT2D eigenvalue weighted by molar-refractivity contribution is -0.143. The van der Waals surface area contributed by atoms with Crippen molar-refractivity contribution in [3.8, 4) is 0 Å². The van der Waals surface area contributed by atoms with Crippen LogP contribution >= 0.6 is 0 Å². The van der Waals surface area contributed by atoms with Crippen molar-refractivity contribution in [2.24, 2.45) is 5.73 Å². The molecule has 0 aromatic heterocycles. The quantitative estimate of drug-likeness (QED) is 0.674. The topological polar surface area (TPSA) is 55.1 Å². The van der Waals surface area contributed by atoms with Crippen molar-refractivity contribution < 1.29 is 13.6 Å². The Morgan fingerprint density at radius 2 is 2.15 bits per heavy atom. The highest BCUT2D eigenvalue weighted by Crippen LogP contribution is 2.19. The number of hydrogen-bond donors (Lipinski definition) is 2. The zero-order valence-corrected chi connectivity index (χ0v) is 7.52. The SMILES string of the molecule is CC(F)(F)C(=O)NC1CCC(N)C1. The molecule has 2 atom stereocenters. The summed E-state index contributed by atoms with van der Waals surface area (Å²) in [5.74, 6) is -4.49. The Bertz CT molecular complexity index is 203. The van der Waals surface area contributed by atoms with E-state index in [1.807, 2.05) is 0 Å². The van der Waals surface area contributed by atoms with Gasteiger partial charge in [0.2, 0.25) is 0 Å². The summed E-state index contributed by atoms with van der Waals surface area (Å²) < 4.78 is 24.8. The van der Waals surface area contributed by atoms with Gasteiger partial charge in [0.15, 0.2) is 0 Å². The fourth-order valence-electron chi connectivity index (χ4n) is 1.46. The van der Waals surface area contributed by atoms with Crippen LogP contribution in [-0.2, 0) is 4.79 Å². The van der Waals surface area contributed by atoms with E-state index >= 15 is 0 Å². The van der Waals surface area contributed by atoms with Crippen LogP contribution in [0, 0.1) is 0 Å². The van der Waals surface area contributed by atoms with E-state index in [2.05, 4.69) is 5.32 Å². The molecule has 0 bridgehead atoms. The zero-order valence-electron chi connectivity index (χ0n) is 7.52. The number of nitrogens with one attached hydrogen (secondary N) is 1. The summed E-state index contributed by atoms with van der Waals surface area (Å²) in [7, 11) is 0. The first kappa shape index (κ1) is 10.4. The van der Waals surface area contributed by atoms with Crippen LogP contribution in [0.4, 0.5) is 8.78 Å². The predicted molar refractivity (Wildman–Crippen MR) is 44.4 cm³/mol. The maximum absolute atomic E-state index is 12.4. The van der Waals surface area contributed by atoms with Crippen molar-refractivity contribution in [3.63, 3.8) is 0 Å². The third kappa shape index (κ3) is 2.91. The summed E-state index contributed by atoms with van der Waals surface area (Å²) >= 11 is 0. The number of rotatable bonds is 2. The predicted octanol–water partition coefficient (Wildman–Crippen LogP) is 0.638. The Kier molecular flexibility index (Phi) is 2.85. The minimum atomic E-state index is -3.29. The first-order valence-corrected chi connectivity index (χ1v) is 4.34. The molecule has 0 aromatic carbocycles. The Hall–Kier alpha value is -0.710. The van der Waals surface area contributed by atoms with E-state index in [0.717, 1.165) is 6.42 Å². The van der Waals surface area contributed by atoms with Crippen molar-refractivity contribution >= 4 is 5.91 Å². The van der Waals surface area contributed by atoms with Crippen molar-refractivity contribution in [3.05, 3.63) is 0 Å². The average molecular weight is 192 g/mol. The molecule has 3 nitrogen and oxygen atoms in total. The van der Waals surface area contributed by atoms with Crippen LogP contribution < -0.4 is 11.1 Å². The molecule has 0 heterocycles. The van der Waals surface area contributed by atoms with Gasteiger partial charge in [-0.1, -0.05) is 0 Å². The third-order valence-electron chi connectivity index (χ3n) is 2.21. The average Bonchev–Trinajstić information content (AvgIpc) is 2.33. The molecule has 1 saturated carbocycles. The highest BCUT2D eigenvalue weighted by atomic mass is 19.3. The maximum Gasteiger partial charge on any atom is 0.321 e. The highest BCUT2D eigenvalue weighted by molar-refractivity contribution is 5.83. The molecule has 0 spiro atoms. The zero-order chi connectivity index (χ0) is 10.1. The molecule has 5 heteroatoms. The lowest BCUT2D eigenvalue weighted by Crippen LogP contribution is -2.43. The fourth-order valence-corrected chi connectivity index (χ4v) is 1.46. The molecule has 1 fully saturated rings. The van der Waals surface area contributed by atoms with Gasteiger partial charge in [0.05, 0.1) is 0 Å². The number of carbonyl (C=O) groups excluding carboxylic acids is 1. The van der Waals surface area contributed by atoms with Crippen LogP contribution in [0.3, 0.4) is 0 Å². The molecule has 1 rings (SSSR count). The van der Waals surface area contributed by atoms with Gasteiger partial charge in [-0.3, -0.25) is 4.79 Å². The second-order valence-corrected chi connectivity index (χ2v) is 3.63. The molecule has 3 N–H and O–H groups in total. The summed E-state index contributed by atoms with van der Waals surface area (Å²) in [6.45, 7) is 0.594. The van der Waals surface area contributed by atoms with Crippen molar-refractivity contribution in [1.29, 1.82) is 0 Å². The van der Waals surface area contributed by atoms with E-state index in [9.17, 15) is 13.6 Å². The number of amides is 1. The van der Waals surface area contributed by atoms with E-state index < -0.39 is 11.8 Å². The number of hydrogen-bond acceptors (Lipinski definition) is 2. The number of carbonyl (C=O) groups is 1. The number of nitrogens with two attached hydrogens (primary N) is 1. The minimum Gasteiger partial charge on any atom is -0.348 e. The molecule has 0 saturated heterocycles. The van der Waals surface area contributed by atoms with Crippen LogP contribution in [0.5, 0.6) is 0 Å². The van der Waals surface area contributed by atoms with E-state index in [1.165, 1.54) is 0 Å². The number of alkyl halides is 2. The first-order chi connectivity index (χ1) is 5.89. The van der Waals surface area contributed by atoms with Crippen molar-refractivity contribution in [1.82, 2.24) is 5.32 Å². The molecule has 0 aromatic rings. The van der Waals surface area contributed by atoms with Crippen LogP contribution in [0.2, 0.25) is 0 Å². The smallest absolute Gasteiger partial charge is 0.321 e. The molecule has 1 aliphatic carbocycles. The second kappa shape index (κ2) is 3.57. The summed E-state index contributed by atoms with van der Waals surface area (Å²) in [5, 5.41) is 2.28. The van der Waals surface area contributed by atoms with Gasteiger partial charge in [-0.05, 0) is 19.3 Å². The van der Waals surface area contributed by atoms with E-state index in [4.69, 9.17) is 5.73 Å². The summed E-state index contributed by atoms with van der Waals surface area (Å²) in [6.07, 6.45) is 2.09. The maximum atomic E-state index is 12.4. The van der Waals surface area contributed by atoms with E-state index in [-0.39, 0.29) is 12.1 Å². The van der Waals surface area contributed by atoms with Gasteiger partial charge in [0, 0.05) is 19.0 Å². The van der Waals surface area contributed by atoms with Crippen LogP contribution in [-0.4, -0.2) is 23.9 Å². The Balaban J connectivity index is 2.37. The normalized spacial score (nSPS) is 28.9. The van der Waals surface area contributed by atoms with Gasteiger partial charge in [-0.15, -0.1) is 0 Å². The van der Waals surface area contributed by atoms with Gasteiger partial charge >= 0.3 is 5.92 Å². The molecule has 2 unspecified atom stereocenters. The van der Waals surface area contributed by atoms with E-state index in [1.54, 1.807) is 0 Å². The lowest BCUT2D eigenvalue weighted by atomic mass is 10.2. The largest absolute Gasteiger partial charge is 0.348 e. The monoisotopic (exact) mass is 192 g/mol. The molecule has 1 aliphatic rings. The standard InChI is InChI=1S/C8H14F2N2O/c1-8(9,10)7(13)12-6-3-2-5(11)4-6/h5-6H,2-4,11H2,1H3,(H,12,13). The van der Waals surface area contributed by atoms with Crippen molar-refractivity contribution in [2.45, 2.75) is 44.2 Å². The summed E-state index contributed by atoms with van der Waals surface area (Å²) in [6, 6.07) is -0.135. The molecule has 1 amide bonds. The van der Waals surface area contributed by atoms with Crippen molar-refractivity contribution in [2.75, 3.05) is 0 Å². The molecular weight excluding hydrogens is 178 g/mol. The molecule has 0 radical (unpaired) electrons.